The van der Waals surface area contributed by atoms with Gasteiger partial charge in [-0.2, -0.15) is 0 Å². The van der Waals surface area contributed by atoms with Crippen LogP contribution < -0.4 is 5.73 Å². The Morgan fingerprint density at radius 1 is 1.25 bits per heavy atom. The van der Waals surface area contributed by atoms with Crippen LogP contribution in [0.1, 0.15) is 40.5 Å². The van der Waals surface area contributed by atoms with Crippen molar-refractivity contribution in [2.45, 2.75) is 46.6 Å². The number of carbonyl (C=O) groups excluding carboxylic acids is 2. The largest absolute Gasteiger partial charge is 0.344 e. The summed E-state index contributed by atoms with van der Waals surface area (Å²) in [5.74, 6) is 0.0248. The minimum absolute atomic E-state index is 0.0186. The lowest BCUT2D eigenvalue weighted by Crippen LogP contribution is -2.45. The van der Waals surface area contributed by atoms with Gasteiger partial charge in [0.15, 0.2) is 0 Å². The monoisotopic (exact) mass is 228 g/mol. The van der Waals surface area contributed by atoms with Crippen molar-refractivity contribution in [2.24, 2.45) is 11.1 Å². The number of carbonyl (C=O) groups is 2. The van der Waals surface area contributed by atoms with Gasteiger partial charge in [0.2, 0.25) is 5.91 Å². The van der Waals surface area contributed by atoms with Gasteiger partial charge in [-0.25, -0.2) is 0 Å². The smallest absolute Gasteiger partial charge is 0.222 e. The van der Waals surface area contributed by atoms with Crippen LogP contribution in [0, 0.1) is 5.41 Å². The maximum Gasteiger partial charge on any atom is 0.222 e. The van der Waals surface area contributed by atoms with E-state index in [-0.39, 0.29) is 29.6 Å². The first kappa shape index (κ1) is 15.1. The Morgan fingerprint density at radius 2 is 1.75 bits per heavy atom. The molecule has 0 aliphatic rings. The van der Waals surface area contributed by atoms with Crippen molar-refractivity contribution in [3.8, 4) is 0 Å². The Balaban J connectivity index is 4.10. The highest BCUT2D eigenvalue weighted by atomic mass is 16.2. The molecule has 0 aliphatic heterocycles. The van der Waals surface area contributed by atoms with Crippen LogP contribution in [-0.2, 0) is 9.59 Å². The molecule has 1 unspecified atom stereocenters. The molecule has 0 spiro atoms. The first-order valence-corrected chi connectivity index (χ1v) is 5.63. The molecule has 0 aromatic carbocycles. The zero-order chi connectivity index (χ0) is 12.9. The van der Waals surface area contributed by atoms with E-state index >= 15 is 0 Å². The number of ketones is 1. The molecule has 0 fully saturated rings. The predicted octanol–water partition coefficient (Wildman–Crippen LogP) is 1.19. The van der Waals surface area contributed by atoms with Gasteiger partial charge in [-0.3, -0.25) is 4.79 Å². The standard InChI is InChI=1S/C12H24N2O2/c1-9(15)6-7-11(16)14(5)8-10(13)12(2,3)4/h10H,6-8,13H2,1-5H3. The summed E-state index contributed by atoms with van der Waals surface area (Å²) in [6.07, 6.45) is 0.594. The van der Waals surface area contributed by atoms with Gasteiger partial charge in [-0.05, 0) is 12.3 Å². The van der Waals surface area contributed by atoms with Crippen molar-refractivity contribution in [2.75, 3.05) is 13.6 Å². The fraction of sp³-hybridized carbons (Fsp3) is 0.833. The molecule has 0 aromatic rings. The summed E-state index contributed by atoms with van der Waals surface area (Å²) in [6.45, 7) is 8.16. The highest BCUT2D eigenvalue weighted by molar-refractivity contribution is 5.83. The summed E-state index contributed by atoms with van der Waals surface area (Å²) in [5, 5.41) is 0. The van der Waals surface area contributed by atoms with Crippen LogP contribution in [0.3, 0.4) is 0 Å². The third kappa shape index (κ3) is 5.85. The van der Waals surface area contributed by atoms with Crippen molar-refractivity contribution in [1.82, 2.24) is 4.90 Å². The summed E-state index contributed by atoms with van der Waals surface area (Å²) < 4.78 is 0. The number of amides is 1. The number of nitrogens with two attached hydrogens (primary N) is 1. The molecular weight excluding hydrogens is 204 g/mol. The van der Waals surface area contributed by atoms with Crippen molar-refractivity contribution in [3.05, 3.63) is 0 Å². The molecule has 0 saturated heterocycles. The number of nitrogens with zero attached hydrogens (tertiary/aromatic N) is 1. The van der Waals surface area contributed by atoms with Gasteiger partial charge in [0.25, 0.3) is 0 Å². The van der Waals surface area contributed by atoms with Gasteiger partial charge in [0.05, 0.1) is 0 Å². The highest BCUT2D eigenvalue weighted by Gasteiger charge is 2.23. The second-order valence-corrected chi connectivity index (χ2v) is 5.45. The number of hydrogen-bond acceptors (Lipinski definition) is 3. The number of likely N-dealkylation sites (N-methyl/N-ethyl adjacent to an activating group) is 1. The Hall–Kier alpha value is -0.900. The number of hydrogen-bond donors (Lipinski definition) is 1. The zero-order valence-corrected chi connectivity index (χ0v) is 11.0. The molecule has 0 heterocycles. The summed E-state index contributed by atoms with van der Waals surface area (Å²) >= 11 is 0. The second-order valence-electron chi connectivity index (χ2n) is 5.45. The molecule has 2 N–H and O–H groups in total. The SMILES string of the molecule is CC(=O)CCC(=O)N(C)CC(N)C(C)(C)C. The minimum atomic E-state index is -0.0567. The molecule has 0 aliphatic carbocycles. The van der Waals surface area contributed by atoms with Crippen LogP contribution in [0.15, 0.2) is 0 Å². The Morgan fingerprint density at radius 3 is 2.12 bits per heavy atom. The summed E-state index contributed by atoms with van der Waals surface area (Å²) in [5.41, 5.74) is 5.97. The van der Waals surface area contributed by atoms with Crippen LogP contribution in [0.25, 0.3) is 0 Å². The topological polar surface area (TPSA) is 63.4 Å². The van der Waals surface area contributed by atoms with Gasteiger partial charge in [0, 0.05) is 32.5 Å². The van der Waals surface area contributed by atoms with Gasteiger partial charge < -0.3 is 15.4 Å². The van der Waals surface area contributed by atoms with Gasteiger partial charge >= 0.3 is 0 Å². The Labute approximate surface area is 98.2 Å². The Bertz CT molecular complexity index is 256. The van der Waals surface area contributed by atoms with E-state index in [1.807, 2.05) is 20.8 Å². The van der Waals surface area contributed by atoms with Crippen LogP contribution in [0.4, 0.5) is 0 Å². The van der Waals surface area contributed by atoms with E-state index in [9.17, 15) is 9.59 Å². The molecule has 0 bridgehead atoms. The lowest BCUT2D eigenvalue weighted by molar-refractivity contribution is -0.132. The minimum Gasteiger partial charge on any atom is -0.344 e. The first-order valence-electron chi connectivity index (χ1n) is 5.63. The molecule has 0 radical (unpaired) electrons. The van der Waals surface area contributed by atoms with Crippen LogP contribution in [0.2, 0.25) is 0 Å². The molecule has 1 amide bonds. The highest BCUT2D eigenvalue weighted by Crippen LogP contribution is 2.17. The normalized spacial score (nSPS) is 13.4. The molecule has 4 heteroatoms. The van der Waals surface area contributed by atoms with Crippen molar-refractivity contribution >= 4 is 11.7 Å². The van der Waals surface area contributed by atoms with E-state index < -0.39 is 0 Å². The first-order chi connectivity index (χ1) is 7.14. The zero-order valence-electron chi connectivity index (χ0n) is 11.0. The van der Waals surface area contributed by atoms with E-state index in [1.165, 1.54) is 6.92 Å². The second kappa shape index (κ2) is 5.99. The summed E-state index contributed by atoms with van der Waals surface area (Å²) in [6, 6.07) is -0.0567. The van der Waals surface area contributed by atoms with Gasteiger partial charge in [0.1, 0.15) is 5.78 Å². The lowest BCUT2D eigenvalue weighted by atomic mass is 9.87. The quantitative estimate of drug-likeness (QED) is 0.768. The number of Topliss-reactive ketones (excluding diaryl/α,β-unsaturated/α-hetero) is 1. The molecule has 0 rings (SSSR count). The van der Waals surface area contributed by atoms with E-state index in [2.05, 4.69) is 0 Å². The fourth-order valence-corrected chi connectivity index (χ4v) is 1.14. The fourth-order valence-electron chi connectivity index (χ4n) is 1.14. The average Bonchev–Trinajstić information content (AvgIpc) is 2.12. The third-order valence-electron chi connectivity index (χ3n) is 2.70. The van der Waals surface area contributed by atoms with Gasteiger partial charge in [-0.1, -0.05) is 20.8 Å². The average molecular weight is 228 g/mol. The maximum absolute atomic E-state index is 11.6. The molecule has 1 atom stereocenters. The third-order valence-corrected chi connectivity index (χ3v) is 2.70. The molecule has 0 saturated carbocycles. The van der Waals surface area contributed by atoms with E-state index in [1.54, 1.807) is 11.9 Å². The van der Waals surface area contributed by atoms with E-state index in [0.29, 0.717) is 13.0 Å². The summed E-state index contributed by atoms with van der Waals surface area (Å²) in [7, 11) is 1.73. The molecule has 94 valence electrons. The van der Waals surface area contributed by atoms with Crippen LogP contribution in [-0.4, -0.2) is 36.2 Å². The van der Waals surface area contributed by atoms with Crippen molar-refractivity contribution in [3.63, 3.8) is 0 Å². The van der Waals surface area contributed by atoms with Crippen molar-refractivity contribution in [1.29, 1.82) is 0 Å². The van der Waals surface area contributed by atoms with Crippen LogP contribution in [0.5, 0.6) is 0 Å². The number of rotatable bonds is 5. The maximum atomic E-state index is 11.6. The Kier molecular flexibility index (Phi) is 5.65. The van der Waals surface area contributed by atoms with Crippen molar-refractivity contribution < 1.29 is 9.59 Å². The molecular formula is C12H24N2O2. The predicted molar refractivity (Wildman–Crippen MR) is 65.0 cm³/mol. The molecule has 16 heavy (non-hydrogen) atoms. The van der Waals surface area contributed by atoms with Gasteiger partial charge in [-0.15, -0.1) is 0 Å². The van der Waals surface area contributed by atoms with Crippen LogP contribution >= 0.6 is 0 Å². The van der Waals surface area contributed by atoms with E-state index in [4.69, 9.17) is 5.73 Å². The van der Waals surface area contributed by atoms with E-state index in [0.717, 1.165) is 0 Å². The molecule has 0 aromatic heterocycles. The lowest BCUT2D eigenvalue weighted by Gasteiger charge is -2.31. The summed E-state index contributed by atoms with van der Waals surface area (Å²) in [4.78, 5) is 24.0. The molecule has 4 nitrogen and oxygen atoms in total.